The maximum Gasteiger partial charge on any atom is 0.145 e. The largest absolute Gasteiger partial charge is 0.309 e. The number of benzene rings is 9. The smallest absolute Gasteiger partial charge is 0.145 e. The maximum atomic E-state index is 5.28. The highest BCUT2D eigenvalue weighted by Gasteiger charge is 2.20. The Bertz CT molecular complexity index is 3370. The molecule has 0 saturated carbocycles. The summed E-state index contributed by atoms with van der Waals surface area (Å²) in [6.45, 7) is 0. The Hall–Kier alpha value is -7.43. The first-order valence-corrected chi connectivity index (χ1v) is 18.8. The van der Waals surface area contributed by atoms with Gasteiger partial charge in [-0.15, -0.1) is 0 Å². The number of hydrogen-bond donors (Lipinski definition) is 0. The van der Waals surface area contributed by atoms with E-state index in [2.05, 4.69) is 208 Å². The number of hydrogen-bond acceptors (Lipinski definition) is 1. The normalized spacial score (nSPS) is 12.0. The van der Waals surface area contributed by atoms with E-state index in [9.17, 15) is 0 Å². The number of para-hydroxylation sites is 3. The van der Waals surface area contributed by atoms with E-state index in [1.54, 1.807) is 0 Å². The zero-order chi connectivity index (χ0) is 36.0. The van der Waals surface area contributed by atoms with E-state index < -0.39 is 0 Å². The topological polar surface area (TPSA) is 27.7 Å². The molecule has 12 rings (SSSR count). The van der Waals surface area contributed by atoms with Gasteiger partial charge < -0.3 is 9.13 Å². The zero-order valence-corrected chi connectivity index (χ0v) is 29.8. The second kappa shape index (κ2) is 11.5. The van der Waals surface area contributed by atoms with Gasteiger partial charge in [0.15, 0.2) is 0 Å². The van der Waals surface area contributed by atoms with Gasteiger partial charge in [0.1, 0.15) is 5.82 Å². The lowest BCUT2D eigenvalue weighted by Crippen LogP contribution is -1.98. The van der Waals surface area contributed by atoms with Crippen molar-refractivity contribution in [2.75, 3.05) is 0 Å². The molecule has 0 aliphatic heterocycles. The van der Waals surface area contributed by atoms with Crippen LogP contribution >= 0.6 is 0 Å². The van der Waals surface area contributed by atoms with Crippen LogP contribution in [0.2, 0.25) is 0 Å². The molecule has 12 aromatic rings. The Morgan fingerprint density at radius 2 is 0.909 bits per heavy atom. The summed E-state index contributed by atoms with van der Waals surface area (Å²) >= 11 is 0. The summed E-state index contributed by atoms with van der Waals surface area (Å²) in [5.41, 5.74) is 13.6. The van der Waals surface area contributed by atoms with Crippen LogP contribution in [0.4, 0.5) is 0 Å². The van der Waals surface area contributed by atoms with E-state index in [1.807, 2.05) is 0 Å². The van der Waals surface area contributed by atoms with Crippen molar-refractivity contribution in [3.63, 3.8) is 0 Å². The third-order valence-corrected chi connectivity index (χ3v) is 11.4. The van der Waals surface area contributed by atoms with Crippen molar-refractivity contribution in [2.45, 2.75) is 0 Å². The van der Waals surface area contributed by atoms with E-state index in [0.29, 0.717) is 0 Å². The molecule has 0 unspecified atom stereocenters. The highest BCUT2D eigenvalue weighted by atomic mass is 15.1. The lowest BCUT2D eigenvalue weighted by molar-refractivity contribution is 1.10. The van der Waals surface area contributed by atoms with Crippen LogP contribution in [0.15, 0.2) is 194 Å². The van der Waals surface area contributed by atoms with Gasteiger partial charge >= 0.3 is 0 Å². The van der Waals surface area contributed by atoms with Gasteiger partial charge in [-0.2, -0.15) is 0 Å². The van der Waals surface area contributed by atoms with E-state index in [0.717, 1.165) is 50.6 Å². The standard InChI is InChI=1S/C51H32N4/c1-3-13-34(14-4-1)51-52-43-30-35(27-28-46(43)55(51)38-16-5-2-6-17-38)37-29-36-26-25-33-15-11-24-47-49(33)50(36)48(31-37)54(47)40-19-12-18-39(32-40)53-44-22-9-7-20-41(44)42-21-8-10-23-45(42)53/h1-32H. The average Bonchev–Trinajstić information content (AvgIpc) is 3.92. The van der Waals surface area contributed by atoms with Crippen LogP contribution in [-0.4, -0.2) is 18.7 Å². The fourth-order valence-corrected chi connectivity index (χ4v) is 8.99. The number of rotatable bonds is 5. The van der Waals surface area contributed by atoms with Crippen molar-refractivity contribution in [3.05, 3.63) is 194 Å². The Kier molecular flexibility index (Phi) is 6.31. The molecule has 0 spiro atoms. The minimum absolute atomic E-state index is 0.934. The second-order valence-corrected chi connectivity index (χ2v) is 14.4. The summed E-state index contributed by atoms with van der Waals surface area (Å²) < 4.78 is 7.13. The molecule has 0 aliphatic rings. The van der Waals surface area contributed by atoms with Crippen LogP contribution in [0.1, 0.15) is 0 Å². The first-order valence-electron chi connectivity index (χ1n) is 18.8. The van der Waals surface area contributed by atoms with E-state index in [-0.39, 0.29) is 0 Å². The van der Waals surface area contributed by atoms with Gasteiger partial charge in [-0.1, -0.05) is 121 Å². The van der Waals surface area contributed by atoms with Gasteiger partial charge in [0, 0.05) is 44.2 Å². The highest BCUT2D eigenvalue weighted by molar-refractivity contribution is 6.25. The van der Waals surface area contributed by atoms with Crippen molar-refractivity contribution in [1.29, 1.82) is 0 Å². The molecule has 0 aliphatic carbocycles. The summed E-state index contributed by atoms with van der Waals surface area (Å²) in [6.07, 6.45) is 0. The number of aromatic nitrogens is 4. The van der Waals surface area contributed by atoms with E-state index in [1.165, 1.54) is 54.4 Å². The number of fused-ring (bicyclic) bond motifs is 4. The van der Waals surface area contributed by atoms with Crippen LogP contribution in [0, 0.1) is 0 Å². The summed E-state index contributed by atoms with van der Waals surface area (Å²) in [5, 5.41) is 7.60. The van der Waals surface area contributed by atoms with Gasteiger partial charge in [0.25, 0.3) is 0 Å². The highest BCUT2D eigenvalue weighted by Crippen LogP contribution is 2.42. The molecule has 4 nitrogen and oxygen atoms in total. The molecule has 0 N–H and O–H groups in total. The lowest BCUT2D eigenvalue weighted by Gasteiger charge is -2.13. The van der Waals surface area contributed by atoms with Crippen molar-refractivity contribution in [2.24, 2.45) is 0 Å². The molecular formula is C51H32N4. The summed E-state index contributed by atoms with van der Waals surface area (Å²) in [7, 11) is 0. The fourth-order valence-electron chi connectivity index (χ4n) is 8.99. The summed E-state index contributed by atoms with van der Waals surface area (Å²) in [6, 6.07) is 70.1. The molecule has 55 heavy (non-hydrogen) atoms. The molecule has 256 valence electrons. The minimum atomic E-state index is 0.934. The second-order valence-electron chi connectivity index (χ2n) is 14.4. The Morgan fingerprint density at radius 1 is 0.309 bits per heavy atom. The SMILES string of the molecule is c1ccc(-c2nc3cc(-c4cc5ccc6cccc7c6c5c(c4)n7-c4cccc(-n5c6ccccc6c6ccccc65)c4)ccc3n2-c2ccccc2)cc1. The quantitative estimate of drug-likeness (QED) is 0.164. The third kappa shape index (κ3) is 4.43. The maximum absolute atomic E-state index is 5.28. The molecule has 4 heteroatoms. The average molecular weight is 701 g/mol. The van der Waals surface area contributed by atoms with Crippen LogP contribution in [0.25, 0.3) is 105 Å². The van der Waals surface area contributed by atoms with Crippen molar-refractivity contribution < 1.29 is 0 Å². The summed E-state index contributed by atoms with van der Waals surface area (Å²) in [4.78, 5) is 5.28. The monoisotopic (exact) mass is 700 g/mol. The van der Waals surface area contributed by atoms with Gasteiger partial charge in [-0.3, -0.25) is 4.57 Å². The Balaban J connectivity index is 1.08. The van der Waals surface area contributed by atoms with Crippen molar-refractivity contribution >= 4 is 65.4 Å². The molecular weight excluding hydrogens is 669 g/mol. The van der Waals surface area contributed by atoms with Gasteiger partial charge in [0.2, 0.25) is 0 Å². The molecule has 0 amide bonds. The molecule has 3 heterocycles. The van der Waals surface area contributed by atoms with E-state index >= 15 is 0 Å². The first kappa shape index (κ1) is 30.1. The fraction of sp³-hybridized carbons (Fsp3) is 0. The Morgan fingerprint density at radius 3 is 1.67 bits per heavy atom. The minimum Gasteiger partial charge on any atom is -0.309 e. The predicted octanol–water partition coefficient (Wildman–Crippen LogP) is 13.1. The van der Waals surface area contributed by atoms with E-state index in [4.69, 9.17) is 4.98 Å². The molecule has 0 radical (unpaired) electrons. The van der Waals surface area contributed by atoms with Crippen molar-refractivity contribution in [1.82, 2.24) is 18.7 Å². The van der Waals surface area contributed by atoms with Crippen LogP contribution in [0.5, 0.6) is 0 Å². The molecule has 0 saturated heterocycles. The van der Waals surface area contributed by atoms with Gasteiger partial charge in [0.05, 0.1) is 33.1 Å². The van der Waals surface area contributed by atoms with Gasteiger partial charge in [-0.25, -0.2) is 4.98 Å². The Labute approximate surface area is 316 Å². The number of imidazole rings is 1. The number of nitrogens with zero attached hydrogens (tertiary/aromatic N) is 4. The zero-order valence-electron chi connectivity index (χ0n) is 29.8. The van der Waals surface area contributed by atoms with Crippen LogP contribution in [-0.2, 0) is 0 Å². The lowest BCUT2D eigenvalue weighted by atomic mass is 9.97. The summed E-state index contributed by atoms with van der Waals surface area (Å²) in [5.74, 6) is 0.934. The molecule has 0 fully saturated rings. The van der Waals surface area contributed by atoms with Crippen LogP contribution in [0.3, 0.4) is 0 Å². The van der Waals surface area contributed by atoms with Crippen molar-refractivity contribution in [3.8, 4) is 39.6 Å². The molecule has 0 bridgehead atoms. The predicted molar refractivity (Wildman–Crippen MR) is 229 cm³/mol. The molecule has 9 aromatic carbocycles. The third-order valence-electron chi connectivity index (χ3n) is 11.4. The first-order chi connectivity index (χ1) is 27.3. The molecule has 0 atom stereocenters. The van der Waals surface area contributed by atoms with Gasteiger partial charge in [-0.05, 0) is 94.7 Å². The van der Waals surface area contributed by atoms with Crippen LogP contribution < -0.4 is 0 Å². The molecule has 3 aromatic heterocycles.